The van der Waals surface area contributed by atoms with Gasteiger partial charge < -0.3 is 10.7 Å². The Balaban J connectivity index is 2.18. The number of nitrogens with two attached hydrogens (primary N) is 1. The average Bonchev–Trinajstić information content (AvgIpc) is 2.74. The molecule has 8 nitrogen and oxygen atoms in total. The van der Waals surface area contributed by atoms with Crippen molar-refractivity contribution in [3.63, 3.8) is 0 Å². The number of nitro benzene ring substituents is 1. The number of non-ortho nitro benzene ring substituents is 1. The van der Waals surface area contributed by atoms with Crippen molar-refractivity contribution < 1.29 is 4.92 Å². The fourth-order valence-corrected chi connectivity index (χ4v) is 1.92. The van der Waals surface area contributed by atoms with Gasteiger partial charge in [-0.05, 0) is 13.0 Å². The first-order chi connectivity index (χ1) is 9.49. The molecule has 0 atom stereocenters. The molecule has 2 rings (SSSR count). The van der Waals surface area contributed by atoms with Crippen LogP contribution in [-0.4, -0.2) is 14.7 Å². The fraction of sp³-hybridized carbons (Fsp3) is 0.250. The van der Waals surface area contributed by atoms with E-state index in [1.54, 1.807) is 10.7 Å². The predicted molar refractivity (Wildman–Crippen MR) is 76.2 cm³/mol. The molecule has 106 valence electrons. The van der Waals surface area contributed by atoms with Gasteiger partial charge in [-0.1, -0.05) is 0 Å². The Labute approximate surface area is 115 Å². The summed E-state index contributed by atoms with van der Waals surface area (Å²) in [6, 6.07) is 4.55. The van der Waals surface area contributed by atoms with Crippen molar-refractivity contribution in [1.29, 1.82) is 0 Å². The van der Waals surface area contributed by atoms with Crippen molar-refractivity contribution in [3.8, 4) is 0 Å². The van der Waals surface area contributed by atoms with E-state index in [9.17, 15) is 10.1 Å². The third-order valence-electron chi connectivity index (χ3n) is 2.89. The van der Waals surface area contributed by atoms with Gasteiger partial charge in [0.25, 0.3) is 5.69 Å². The van der Waals surface area contributed by atoms with E-state index >= 15 is 0 Å². The molecule has 4 N–H and O–H groups in total. The number of nitrogens with one attached hydrogen (secondary N) is 2. The Morgan fingerprint density at radius 1 is 1.40 bits per heavy atom. The van der Waals surface area contributed by atoms with Gasteiger partial charge in [0, 0.05) is 43.2 Å². The highest BCUT2D eigenvalue weighted by molar-refractivity contribution is 5.63. The maximum Gasteiger partial charge on any atom is 0.273 e. The van der Waals surface area contributed by atoms with E-state index in [0.29, 0.717) is 17.9 Å². The van der Waals surface area contributed by atoms with Crippen LogP contribution in [0.25, 0.3) is 0 Å². The summed E-state index contributed by atoms with van der Waals surface area (Å²) in [4.78, 5) is 10.4. The zero-order chi connectivity index (χ0) is 14.7. The van der Waals surface area contributed by atoms with Gasteiger partial charge >= 0.3 is 0 Å². The van der Waals surface area contributed by atoms with Crippen LogP contribution in [0.15, 0.2) is 24.4 Å². The van der Waals surface area contributed by atoms with Crippen LogP contribution in [0.5, 0.6) is 0 Å². The Bertz CT molecular complexity index is 637. The summed E-state index contributed by atoms with van der Waals surface area (Å²) in [5.74, 6) is 5.31. The summed E-state index contributed by atoms with van der Waals surface area (Å²) in [5, 5.41) is 18.2. The van der Waals surface area contributed by atoms with E-state index in [1.165, 1.54) is 12.1 Å². The molecule has 0 bridgehead atoms. The first kappa shape index (κ1) is 13.8. The van der Waals surface area contributed by atoms with Gasteiger partial charge in [0.15, 0.2) is 0 Å². The Kier molecular flexibility index (Phi) is 3.85. The molecule has 0 saturated heterocycles. The lowest BCUT2D eigenvalue weighted by molar-refractivity contribution is -0.384. The second kappa shape index (κ2) is 5.57. The number of hydrogen-bond donors (Lipinski definition) is 3. The number of anilines is 2. The second-order valence-corrected chi connectivity index (χ2v) is 4.44. The van der Waals surface area contributed by atoms with E-state index in [1.807, 2.05) is 20.2 Å². The van der Waals surface area contributed by atoms with Crippen LogP contribution >= 0.6 is 0 Å². The molecule has 0 radical (unpaired) electrons. The molecule has 0 saturated carbocycles. The summed E-state index contributed by atoms with van der Waals surface area (Å²) >= 11 is 0. The maximum absolute atomic E-state index is 10.8. The summed E-state index contributed by atoms with van der Waals surface area (Å²) in [6.07, 6.45) is 1.90. The molecule has 1 aromatic carbocycles. The molecule has 20 heavy (non-hydrogen) atoms. The lowest BCUT2D eigenvalue weighted by Gasteiger charge is -2.08. The summed E-state index contributed by atoms with van der Waals surface area (Å²) in [5.41, 5.74) is 5.44. The molecule has 1 heterocycles. The molecule has 0 unspecified atom stereocenters. The zero-order valence-corrected chi connectivity index (χ0v) is 11.3. The quantitative estimate of drug-likeness (QED) is 0.434. The Morgan fingerprint density at radius 2 is 2.10 bits per heavy atom. The molecule has 0 amide bonds. The predicted octanol–water partition coefficient (Wildman–Crippen LogP) is 1.53. The van der Waals surface area contributed by atoms with Gasteiger partial charge in [-0.2, -0.15) is 5.10 Å². The van der Waals surface area contributed by atoms with Crippen LogP contribution in [-0.2, 0) is 13.6 Å². The van der Waals surface area contributed by atoms with Crippen molar-refractivity contribution in [2.24, 2.45) is 12.9 Å². The highest BCUT2D eigenvalue weighted by Crippen LogP contribution is 2.24. The lowest BCUT2D eigenvalue weighted by atomic mass is 10.2. The molecule has 8 heteroatoms. The van der Waals surface area contributed by atoms with Crippen molar-refractivity contribution in [2.45, 2.75) is 13.5 Å². The molecular formula is C12H16N6O2. The van der Waals surface area contributed by atoms with Crippen LogP contribution in [0.4, 0.5) is 17.1 Å². The maximum atomic E-state index is 10.8. The van der Waals surface area contributed by atoms with E-state index in [-0.39, 0.29) is 5.69 Å². The Hall–Kier alpha value is -2.61. The third kappa shape index (κ3) is 3.04. The largest absolute Gasteiger partial charge is 0.381 e. The van der Waals surface area contributed by atoms with Crippen LogP contribution < -0.4 is 16.6 Å². The SMILES string of the molecule is Cc1nn(C)cc1CNc1cc(NN)cc([N+](=O)[O-])c1. The van der Waals surface area contributed by atoms with Crippen LogP contribution in [0.1, 0.15) is 11.3 Å². The van der Waals surface area contributed by atoms with Crippen molar-refractivity contribution in [2.75, 3.05) is 10.7 Å². The minimum absolute atomic E-state index is 0.0224. The van der Waals surface area contributed by atoms with Gasteiger partial charge in [0.1, 0.15) is 0 Å². The summed E-state index contributed by atoms with van der Waals surface area (Å²) in [6.45, 7) is 2.45. The van der Waals surface area contributed by atoms with Crippen molar-refractivity contribution in [3.05, 3.63) is 45.8 Å². The normalized spacial score (nSPS) is 10.3. The second-order valence-electron chi connectivity index (χ2n) is 4.44. The molecule has 2 aromatic rings. The number of aromatic nitrogens is 2. The average molecular weight is 276 g/mol. The summed E-state index contributed by atoms with van der Waals surface area (Å²) in [7, 11) is 1.85. The van der Waals surface area contributed by atoms with Gasteiger partial charge in [0.05, 0.1) is 16.3 Å². The molecule has 0 fully saturated rings. The number of nitrogen functional groups attached to an aromatic ring is 1. The number of aryl methyl sites for hydroxylation is 2. The number of rotatable bonds is 5. The van der Waals surface area contributed by atoms with E-state index in [0.717, 1.165) is 11.3 Å². The molecular weight excluding hydrogens is 260 g/mol. The van der Waals surface area contributed by atoms with Crippen LogP contribution in [0.3, 0.4) is 0 Å². The molecule has 0 spiro atoms. The number of hydrogen-bond acceptors (Lipinski definition) is 6. The van der Waals surface area contributed by atoms with Crippen molar-refractivity contribution in [1.82, 2.24) is 9.78 Å². The Morgan fingerprint density at radius 3 is 2.65 bits per heavy atom. The van der Waals surface area contributed by atoms with E-state index < -0.39 is 4.92 Å². The van der Waals surface area contributed by atoms with Crippen LogP contribution in [0.2, 0.25) is 0 Å². The highest BCUT2D eigenvalue weighted by atomic mass is 16.6. The zero-order valence-electron chi connectivity index (χ0n) is 11.3. The summed E-state index contributed by atoms with van der Waals surface area (Å²) < 4.78 is 1.73. The lowest BCUT2D eigenvalue weighted by Crippen LogP contribution is -2.08. The first-order valence-electron chi connectivity index (χ1n) is 5.98. The topological polar surface area (TPSA) is 111 Å². The van der Waals surface area contributed by atoms with Gasteiger partial charge in [-0.3, -0.25) is 20.6 Å². The number of nitrogens with zero attached hydrogens (tertiary/aromatic N) is 3. The van der Waals surface area contributed by atoms with Gasteiger partial charge in [-0.25, -0.2) is 0 Å². The minimum Gasteiger partial charge on any atom is -0.381 e. The minimum atomic E-state index is -0.457. The van der Waals surface area contributed by atoms with E-state index in [2.05, 4.69) is 15.8 Å². The van der Waals surface area contributed by atoms with Gasteiger partial charge in [-0.15, -0.1) is 0 Å². The standard InChI is InChI=1S/C12H16N6O2/c1-8-9(7-17(2)16-8)6-14-10-3-11(15-13)5-12(4-10)18(19)20/h3-5,7,14-15H,6,13H2,1-2H3. The molecule has 0 aliphatic carbocycles. The number of hydrazine groups is 1. The molecule has 0 aliphatic heterocycles. The smallest absolute Gasteiger partial charge is 0.273 e. The third-order valence-corrected chi connectivity index (χ3v) is 2.89. The number of nitro groups is 1. The molecule has 0 aliphatic rings. The first-order valence-corrected chi connectivity index (χ1v) is 5.98. The fourth-order valence-electron chi connectivity index (χ4n) is 1.92. The molecule has 1 aromatic heterocycles. The highest BCUT2D eigenvalue weighted by Gasteiger charge is 2.10. The monoisotopic (exact) mass is 276 g/mol. The van der Waals surface area contributed by atoms with Crippen molar-refractivity contribution >= 4 is 17.1 Å². The van der Waals surface area contributed by atoms with Crippen LogP contribution in [0, 0.1) is 17.0 Å². The number of benzene rings is 1. The van der Waals surface area contributed by atoms with Gasteiger partial charge in [0.2, 0.25) is 0 Å². The van der Waals surface area contributed by atoms with E-state index in [4.69, 9.17) is 5.84 Å².